The molecule has 0 aliphatic rings. The van der Waals surface area contributed by atoms with Gasteiger partial charge in [-0.05, 0) is 54.4 Å². The number of hydrogen-bond acceptors (Lipinski definition) is 3. The maximum atomic E-state index is 12.9. The Morgan fingerprint density at radius 1 is 0.893 bits per heavy atom. The second kappa shape index (κ2) is 8.81. The van der Waals surface area contributed by atoms with E-state index in [0.717, 1.165) is 11.1 Å². The van der Waals surface area contributed by atoms with E-state index < -0.39 is 11.8 Å². The predicted molar refractivity (Wildman–Crippen MR) is 103 cm³/mol. The summed E-state index contributed by atoms with van der Waals surface area (Å²) >= 11 is 0. The summed E-state index contributed by atoms with van der Waals surface area (Å²) in [5.41, 5.74) is 7.24. The number of aryl methyl sites for hydroxylation is 1. The van der Waals surface area contributed by atoms with Crippen LogP contribution in [0.15, 0.2) is 72.8 Å². The van der Waals surface area contributed by atoms with Crippen molar-refractivity contribution in [3.63, 3.8) is 0 Å². The summed E-state index contributed by atoms with van der Waals surface area (Å²) in [7, 11) is 0. The standard InChI is InChI=1S/C22H19FN2O3/c1-15-5-2-3-8-20(15)22(27)25-24-21(26)17-6-4-7-19(13-17)28-14-16-9-11-18(23)12-10-16/h2-13H,14H2,1H3,(H,24,26)(H,25,27). The topological polar surface area (TPSA) is 67.4 Å². The average Bonchev–Trinajstić information content (AvgIpc) is 2.72. The van der Waals surface area contributed by atoms with Crippen molar-refractivity contribution in [2.75, 3.05) is 0 Å². The molecule has 0 atom stereocenters. The van der Waals surface area contributed by atoms with E-state index in [0.29, 0.717) is 16.9 Å². The molecule has 0 unspecified atom stereocenters. The molecule has 0 radical (unpaired) electrons. The molecule has 5 nitrogen and oxygen atoms in total. The van der Waals surface area contributed by atoms with E-state index in [-0.39, 0.29) is 12.4 Å². The summed E-state index contributed by atoms with van der Waals surface area (Å²) in [5.74, 6) is -0.679. The van der Waals surface area contributed by atoms with E-state index >= 15 is 0 Å². The normalized spacial score (nSPS) is 10.2. The smallest absolute Gasteiger partial charge is 0.269 e. The van der Waals surface area contributed by atoms with Crippen LogP contribution in [0.2, 0.25) is 0 Å². The molecule has 0 heterocycles. The van der Waals surface area contributed by atoms with Crippen LogP contribution in [0.5, 0.6) is 5.75 Å². The van der Waals surface area contributed by atoms with Gasteiger partial charge in [0.05, 0.1) is 0 Å². The van der Waals surface area contributed by atoms with Gasteiger partial charge in [-0.15, -0.1) is 0 Å². The van der Waals surface area contributed by atoms with Crippen molar-refractivity contribution < 1.29 is 18.7 Å². The largest absolute Gasteiger partial charge is 0.489 e. The molecule has 142 valence electrons. The fourth-order valence-corrected chi connectivity index (χ4v) is 2.56. The second-order valence-corrected chi connectivity index (χ2v) is 6.17. The second-order valence-electron chi connectivity index (χ2n) is 6.17. The van der Waals surface area contributed by atoms with Gasteiger partial charge in [0.1, 0.15) is 18.2 Å². The lowest BCUT2D eigenvalue weighted by molar-refractivity contribution is 0.0846. The van der Waals surface area contributed by atoms with Crippen molar-refractivity contribution in [3.05, 3.63) is 101 Å². The number of amides is 2. The molecule has 3 aromatic rings. The summed E-state index contributed by atoms with van der Waals surface area (Å²) in [4.78, 5) is 24.5. The van der Waals surface area contributed by atoms with Gasteiger partial charge < -0.3 is 4.74 Å². The Kier molecular flexibility index (Phi) is 6.01. The fourth-order valence-electron chi connectivity index (χ4n) is 2.56. The van der Waals surface area contributed by atoms with E-state index in [2.05, 4.69) is 10.9 Å². The van der Waals surface area contributed by atoms with Gasteiger partial charge in [0.25, 0.3) is 11.8 Å². The average molecular weight is 378 g/mol. The lowest BCUT2D eigenvalue weighted by Crippen LogP contribution is -2.41. The molecule has 0 spiro atoms. The molecule has 6 heteroatoms. The Labute approximate surface area is 162 Å². The highest BCUT2D eigenvalue weighted by molar-refractivity contribution is 5.99. The van der Waals surface area contributed by atoms with Gasteiger partial charge in [-0.25, -0.2) is 4.39 Å². The molecule has 0 saturated heterocycles. The molecule has 3 rings (SSSR count). The van der Waals surface area contributed by atoms with Crippen molar-refractivity contribution in [1.82, 2.24) is 10.9 Å². The molecule has 0 aliphatic heterocycles. The van der Waals surface area contributed by atoms with Crippen molar-refractivity contribution in [3.8, 4) is 5.75 Å². The zero-order valence-corrected chi connectivity index (χ0v) is 15.2. The van der Waals surface area contributed by atoms with Crippen LogP contribution in [0, 0.1) is 12.7 Å². The lowest BCUT2D eigenvalue weighted by Gasteiger charge is -2.10. The number of nitrogens with one attached hydrogen (secondary N) is 2. The van der Waals surface area contributed by atoms with Crippen LogP contribution in [-0.4, -0.2) is 11.8 Å². The maximum Gasteiger partial charge on any atom is 0.269 e. The first-order valence-electron chi connectivity index (χ1n) is 8.66. The Morgan fingerprint density at radius 3 is 2.36 bits per heavy atom. The van der Waals surface area contributed by atoms with Crippen LogP contribution < -0.4 is 15.6 Å². The molecular formula is C22H19FN2O3. The first kappa shape index (κ1) is 19.1. The van der Waals surface area contributed by atoms with Crippen molar-refractivity contribution in [2.45, 2.75) is 13.5 Å². The number of ether oxygens (including phenoxy) is 1. The fraction of sp³-hybridized carbons (Fsp3) is 0.0909. The molecule has 0 saturated carbocycles. The minimum absolute atomic E-state index is 0.245. The van der Waals surface area contributed by atoms with Crippen LogP contribution in [0.1, 0.15) is 31.8 Å². The highest BCUT2D eigenvalue weighted by Crippen LogP contribution is 2.15. The summed E-state index contributed by atoms with van der Waals surface area (Å²) < 4.78 is 18.6. The Balaban J connectivity index is 1.58. The van der Waals surface area contributed by atoms with Gasteiger partial charge in [-0.2, -0.15) is 0 Å². The van der Waals surface area contributed by atoms with E-state index in [4.69, 9.17) is 4.74 Å². The maximum absolute atomic E-state index is 12.9. The van der Waals surface area contributed by atoms with Crippen LogP contribution >= 0.6 is 0 Å². The minimum atomic E-state index is -0.464. The molecule has 0 aliphatic carbocycles. The zero-order valence-electron chi connectivity index (χ0n) is 15.2. The number of rotatable bonds is 5. The molecule has 0 fully saturated rings. The molecule has 2 N–H and O–H groups in total. The van der Waals surface area contributed by atoms with E-state index in [9.17, 15) is 14.0 Å². The van der Waals surface area contributed by atoms with Crippen molar-refractivity contribution >= 4 is 11.8 Å². The van der Waals surface area contributed by atoms with Gasteiger partial charge in [0.15, 0.2) is 0 Å². The van der Waals surface area contributed by atoms with Gasteiger partial charge in [-0.1, -0.05) is 36.4 Å². The number of carbonyl (C=O) groups is 2. The lowest BCUT2D eigenvalue weighted by atomic mass is 10.1. The van der Waals surface area contributed by atoms with Gasteiger partial charge >= 0.3 is 0 Å². The molecule has 3 aromatic carbocycles. The highest BCUT2D eigenvalue weighted by atomic mass is 19.1. The third-order valence-electron chi connectivity index (χ3n) is 4.09. The Bertz CT molecular complexity index is 987. The van der Waals surface area contributed by atoms with E-state index in [1.807, 2.05) is 19.1 Å². The monoisotopic (exact) mass is 378 g/mol. The SMILES string of the molecule is Cc1ccccc1C(=O)NNC(=O)c1cccc(OCc2ccc(F)cc2)c1. The van der Waals surface area contributed by atoms with Crippen LogP contribution in [0.4, 0.5) is 4.39 Å². The third-order valence-corrected chi connectivity index (χ3v) is 4.09. The quantitative estimate of drug-likeness (QED) is 0.664. The molecule has 28 heavy (non-hydrogen) atoms. The van der Waals surface area contributed by atoms with Crippen molar-refractivity contribution in [1.29, 1.82) is 0 Å². The molecule has 0 bridgehead atoms. The summed E-state index contributed by atoms with van der Waals surface area (Å²) in [6.45, 7) is 2.06. The van der Waals surface area contributed by atoms with Crippen molar-refractivity contribution in [2.24, 2.45) is 0 Å². The molecule has 2 amide bonds. The summed E-state index contributed by atoms with van der Waals surface area (Å²) in [6, 6.07) is 19.6. The highest BCUT2D eigenvalue weighted by Gasteiger charge is 2.11. The van der Waals surface area contributed by atoms with Crippen LogP contribution in [-0.2, 0) is 6.61 Å². The van der Waals surface area contributed by atoms with Gasteiger partial charge in [0, 0.05) is 11.1 Å². The number of hydrogen-bond donors (Lipinski definition) is 2. The molecule has 0 aromatic heterocycles. The van der Waals surface area contributed by atoms with Crippen LogP contribution in [0.3, 0.4) is 0 Å². The Hall–Kier alpha value is -3.67. The van der Waals surface area contributed by atoms with Crippen LogP contribution in [0.25, 0.3) is 0 Å². The number of carbonyl (C=O) groups excluding carboxylic acids is 2. The van der Waals surface area contributed by atoms with E-state index in [1.165, 1.54) is 12.1 Å². The number of halogens is 1. The van der Waals surface area contributed by atoms with E-state index in [1.54, 1.807) is 48.5 Å². The first-order chi connectivity index (χ1) is 13.5. The predicted octanol–water partition coefficient (Wildman–Crippen LogP) is 3.79. The third kappa shape index (κ3) is 4.94. The minimum Gasteiger partial charge on any atom is -0.489 e. The molecular weight excluding hydrogens is 359 g/mol. The van der Waals surface area contributed by atoms with Gasteiger partial charge in [-0.3, -0.25) is 20.4 Å². The number of hydrazine groups is 1. The Morgan fingerprint density at radius 2 is 1.61 bits per heavy atom. The zero-order chi connectivity index (χ0) is 19.9. The first-order valence-corrected chi connectivity index (χ1v) is 8.66. The van der Waals surface area contributed by atoms with Gasteiger partial charge in [0.2, 0.25) is 0 Å². The summed E-state index contributed by atoms with van der Waals surface area (Å²) in [5, 5.41) is 0. The summed E-state index contributed by atoms with van der Waals surface area (Å²) in [6.07, 6.45) is 0. The number of benzene rings is 3.